The van der Waals surface area contributed by atoms with Gasteiger partial charge in [0.25, 0.3) is 0 Å². The fourth-order valence-electron chi connectivity index (χ4n) is 1.51. The van der Waals surface area contributed by atoms with Crippen LogP contribution in [0.25, 0.3) is 0 Å². The highest BCUT2D eigenvalue weighted by Crippen LogP contribution is 2.25. The number of carbonyl (C=O) groups excluding carboxylic acids is 1. The first-order valence-corrected chi connectivity index (χ1v) is 8.41. The van der Waals surface area contributed by atoms with E-state index >= 15 is 0 Å². The van der Waals surface area contributed by atoms with Gasteiger partial charge in [-0.25, -0.2) is 13.1 Å². The molecule has 0 unspecified atom stereocenters. The third-order valence-electron chi connectivity index (χ3n) is 2.48. The molecule has 0 radical (unpaired) electrons. The Morgan fingerprint density at radius 1 is 1.33 bits per heavy atom. The van der Waals surface area contributed by atoms with E-state index in [1.807, 2.05) is 0 Å². The molecular formula is C12H19BrClN3O3S. The van der Waals surface area contributed by atoms with Gasteiger partial charge in [0.2, 0.25) is 15.9 Å². The van der Waals surface area contributed by atoms with Crippen molar-refractivity contribution in [3.63, 3.8) is 0 Å². The zero-order valence-electron chi connectivity index (χ0n) is 11.6. The summed E-state index contributed by atoms with van der Waals surface area (Å²) in [6.45, 7) is 2.28. The summed E-state index contributed by atoms with van der Waals surface area (Å²) in [7, 11) is -3.54. The number of nitrogens with one attached hydrogen (secondary N) is 2. The lowest BCUT2D eigenvalue weighted by atomic mass is 10.3. The maximum Gasteiger partial charge on any atom is 0.240 e. The molecule has 21 heavy (non-hydrogen) atoms. The lowest BCUT2D eigenvalue weighted by Gasteiger charge is -2.09. The lowest BCUT2D eigenvalue weighted by Crippen LogP contribution is -2.25. The summed E-state index contributed by atoms with van der Waals surface area (Å²) in [4.78, 5) is 11.1. The molecule has 6 nitrogen and oxygen atoms in total. The second kappa shape index (κ2) is 9.37. The number of halogens is 2. The third-order valence-corrected chi connectivity index (χ3v) is 4.60. The maximum absolute atomic E-state index is 12.0. The van der Waals surface area contributed by atoms with Crippen LogP contribution in [0.3, 0.4) is 0 Å². The van der Waals surface area contributed by atoms with Crippen molar-refractivity contribution in [1.29, 1.82) is 0 Å². The first-order valence-electron chi connectivity index (χ1n) is 6.13. The standard InChI is InChI=1S/C12H18BrN3O3S.ClH/c1-9(17)16-12-5-4-10(8-11(12)13)20(18,19)15-7-3-2-6-14;/h4-5,8,15H,2-3,6-7,14H2,1H3,(H,16,17);1H. The minimum Gasteiger partial charge on any atom is -0.330 e. The molecule has 0 aliphatic heterocycles. The molecule has 0 aromatic heterocycles. The van der Waals surface area contributed by atoms with Gasteiger partial charge in [-0.3, -0.25) is 4.79 Å². The van der Waals surface area contributed by atoms with Gasteiger partial charge in [-0.2, -0.15) is 0 Å². The van der Waals surface area contributed by atoms with Crippen molar-refractivity contribution in [1.82, 2.24) is 4.72 Å². The molecule has 1 rings (SSSR count). The molecule has 0 atom stereocenters. The van der Waals surface area contributed by atoms with Crippen molar-refractivity contribution < 1.29 is 13.2 Å². The summed E-state index contributed by atoms with van der Waals surface area (Å²) in [5, 5.41) is 2.60. The highest BCUT2D eigenvalue weighted by molar-refractivity contribution is 9.10. The molecule has 0 saturated carbocycles. The number of sulfonamides is 1. The summed E-state index contributed by atoms with van der Waals surface area (Å²) in [5.41, 5.74) is 5.88. The van der Waals surface area contributed by atoms with E-state index in [2.05, 4.69) is 26.0 Å². The van der Waals surface area contributed by atoms with Crippen LogP contribution in [0.1, 0.15) is 19.8 Å². The van der Waals surface area contributed by atoms with E-state index in [1.165, 1.54) is 19.1 Å². The Labute approximate surface area is 139 Å². The number of rotatable bonds is 7. The van der Waals surface area contributed by atoms with Crippen molar-refractivity contribution in [2.45, 2.75) is 24.7 Å². The Morgan fingerprint density at radius 2 is 2.00 bits per heavy atom. The predicted molar refractivity (Wildman–Crippen MR) is 89.2 cm³/mol. The van der Waals surface area contributed by atoms with Crippen molar-refractivity contribution in [2.75, 3.05) is 18.4 Å². The van der Waals surface area contributed by atoms with Crippen LogP contribution in [0.5, 0.6) is 0 Å². The molecule has 1 aromatic rings. The number of carbonyl (C=O) groups is 1. The smallest absolute Gasteiger partial charge is 0.240 e. The Kier molecular flexibility index (Phi) is 9.07. The van der Waals surface area contributed by atoms with E-state index in [-0.39, 0.29) is 23.2 Å². The van der Waals surface area contributed by atoms with Gasteiger partial charge in [0, 0.05) is 17.9 Å². The fraction of sp³-hybridized carbons (Fsp3) is 0.417. The van der Waals surface area contributed by atoms with E-state index < -0.39 is 10.0 Å². The second-order valence-electron chi connectivity index (χ2n) is 4.22. The van der Waals surface area contributed by atoms with Crippen LogP contribution in [0.4, 0.5) is 5.69 Å². The van der Waals surface area contributed by atoms with Crippen molar-refractivity contribution >= 4 is 50.0 Å². The van der Waals surface area contributed by atoms with Crippen LogP contribution in [0.15, 0.2) is 27.6 Å². The molecule has 0 spiro atoms. The fourth-order valence-corrected chi connectivity index (χ4v) is 3.24. The first-order chi connectivity index (χ1) is 9.36. The van der Waals surface area contributed by atoms with Gasteiger partial charge in [0.05, 0.1) is 10.6 Å². The molecule has 0 aliphatic carbocycles. The molecular weight excluding hydrogens is 382 g/mol. The predicted octanol–water partition coefficient (Wildman–Crippen LogP) is 1.85. The van der Waals surface area contributed by atoms with Crippen LogP contribution in [-0.4, -0.2) is 27.4 Å². The number of hydrogen-bond acceptors (Lipinski definition) is 4. The summed E-state index contributed by atoms with van der Waals surface area (Å²) in [5.74, 6) is -0.221. The maximum atomic E-state index is 12.0. The summed E-state index contributed by atoms with van der Waals surface area (Å²) in [6.07, 6.45) is 1.47. The molecule has 0 heterocycles. The van der Waals surface area contributed by atoms with Crippen LogP contribution >= 0.6 is 28.3 Å². The monoisotopic (exact) mass is 399 g/mol. The summed E-state index contributed by atoms with van der Waals surface area (Å²) >= 11 is 3.24. The SMILES string of the molecule is CC(=O)Nc1ccc(S(=O)(=O)NCCCCN)cc1Br.Cl. The van der Waals surface area contributed by atoms with Crippen molar-refractivity contribution in [2.24, 2.45) is 5.73 Å². The average Bonchev–Trinajstić information content (AvgIpc) is 2.36. The summed E-state index contributed by atoms with van der Waals surface area (Å²) in [6, 6.07) is 4.44. The van der Waals surface area contributed by atoms with Crippen LogP contribution < -0.4 is 15.8 Å². The Hall–Kier alpha value is -0.670. The first kappa shape index (κ1) is 20.3. The van der Waals surface area contributed by atoms with Crippen LogP contribution in [0.2, 0.25) is 0 Å². The van der Waals surface area contributed by atoms with Crippen LogP contribution in [-0.2, 0) is 14.8 Å². The second-order valence-corrected chi connectivity index (χ2v) is 6.84. The van der Waals surface area contributed by atoms with Gasteiger partial charge in [0.15, 0.2) is 0 Å². The number of amides is 1. The van der Waals surface area contributed by atoms with Gasteiger partial charge in [-0.1, -0.05) is 0 Å². The normalized spacial score (nSPS) is 10.8. The van der Waals surface area contributed by atoms with E-state index in [0.29, 0.717) is 29.7 Å². The average molecular weight is 401 g/mol. The molecule has 0 fully saturated rings. The zero-order valence-corrected chi connectivity index (χ0v) is 14.8. The van der Waals surface area contributed by atoms with Gasteiger partial charge in [-0.05, 0) is 53.5 Å². The van der Waals surface area contributed by atoms with Crippen LogP contribution in [0, 0.1) is 0 Å². The Bertz CT molecular complexity index is 581. The van der Waals surface area contributed by atoms with E-state index in [9.17, 15) is 13.2 Å². The Balaban J connectivity index is 0.00000400. The number of nitrogens with two attached hydrogens (primary N) is 1. The van der Waals surface area contributed by atoms with Crippen molar-refractivity contribution in [3.05, 3.63) is 22.7 Å². The molecule has 0 saturated heterocycles. The lowest BCUT2D eigenvalue weighted by molar-refractivity contribution is -0.114. The topological polar surface area (TPSA) is 101 Å². The van der Waals surface area contributed by atoms with Gasteiger partial charge < -0.3 is 11.1 Å². The molecule has 1 amide bonds. The molecule has 0 aliphatic rings. The minimum absolute atomic E-state index is 0. The minimum atomic E-state index is -3.54. The van der Waals surface area contributed by atoms with Gasteiger partial charge in [0.1, 0.15) is 0 Å². The molecule has 0 bridgehead atoms. The van der Waals surface area contributed by atoms with E-state index in [4.69, 9.17) is 5.73 Å². The summed E-state index contributed by atoms with van der Waals surface area (Å²) < 4.78 is 27.1. The number of hydrogen-bond donors (Lipinski definition) is 3. The molecule has 120 valence electrons. The molecule has 1 aromatic carbocycles. The largest absolute Gasteiger partial charge is 0.330 e. The molecule has 9 heteroatoms. The van der Waals surface area contributed by atoms with E-state index in [0.717, 1.165) is 6.42 Å². The number of benzene rings is 1. The van der Waals surface area contributed by atoms with Gasteiger partial charge in [-0.15, -0.1) is 12.4 Å². The van der Waals surface area contributed by atoms with E-state index in [1.54, 1.807) is 6.07 Å². The quantitative estimate of drug-likeness (QED) is 0.608. The van der Waals surface area contributed by atoms with Crippen molar-refractivity contribution in [3.8, 4) is 0 Å². The molecule has 4 N–H and O–H groups in total. The Morgan fingerprint density at radius 3 is 2.52 bits per heavy atom. The zero-order chi connectivity index (χ0) is 15.2. The number of anilines is 1. The highest BCUT2D eigenvalue weighted by atomic mass is 79.9. The number of unbranched alkanes of at least 4 members (excludes halogenated alkanes) is 1. The van der Waals surface area contributed by atoms with Gasteiger partial charge >= 0.3 is 0 Å². The third kappa shape index (κ3) is 6.75. The highest BCUT2D eigenvalue weighted by Gasteiger charge is 2.15.